The van der Waals surface area contributed by atoms with Crippen LogP contribution in [0.15, 0.2) is 23.1 Å². The quantitative estimate of drug-likeness (QED) is 0.634. The first-order valence-corrected chi connectivity index (χ1v) is 8.83. The normalized spacial score (nSPS) is 17.5. The fourth-order valence-electron chi connectivity index (χ4n) is 2.30. The smallest absolute Gasteiger partial charge is 0.347 e. The second-order valence-electron chi connectivity index (χ2n) is 5.19. The lowest BCUT2D eigenvalue weighted by Gasteiger charge is -2.24. The van der Waals surface area contributed by atoms with Crippen LogP contribution in [0, 0.1) is 0 Å². The fourth-order valence-corrected chi connectivity index (χ4v) is 3.42. The van der Waals surface area contributed by atoms with Gasteiger partial charge in [0.15, 0.2) is 6.10 Å². The molecule has 1 heterocycles. The van der Waals surface area contributed by atoms with E-state index in [1.807, 2.05) is 6.92 Å². The molecule has 2 rings (SSSR count). The third kappa shape index (κ3) is 3.78. The maximum absolute atomic E-state index is 12.2. The van der Waals surface area contributed by atoms with Crippen molar-refractivity contribution in [3.8, 4) is 5.75 Å². The van der Waals surface area contributed by atoms with Gasteiger partial charge in [0.1, 0.15) is 5.75 Å². The average Bonchev–Trinajstić information content (AvgIpc) is 2.53. The summed E-state index contributed by atoms with van der Waals surface area (Å²) in [4.78, 5) is 11.7. The number of ether oxygens (including phenoxy) is 2. The van der Waals surface area contributed by atoms with Crippen LogP contribution in [0.5, 0.6) is 5.75 Å². The van der Waals surface area contributed by atoms with Crippen molar-refractivity contribution >= 4 is 16.0 Å². The van der Waals surface area contributed by atoms with Gasteiger partial charge in [0.25, 0.3) is 0 Å². The van der Waals surface area contributed by atoms with Crippen molar-refractivity contribution in [1.82, 2.24) is 4.72 Å². The van der Waals surface area contributed by atoms with Crippen molar-refractivity contribution in [2.24, 2.45) is 0 Å². The minimum atomic E-state index is -3.50. The second-order valence-corrected chi connectivity index (χ2v) is 6.96. The highest BCUT2D eigenvalue weighted by atomic mass is 32.2. The Morgan fingerprint density at radius 3 is 2.91 bits per heavy atom. The number of unbranched alkanes of at least 4 members (excludes halogenated alkanes) is 1. The monoisotopic (exact) mass is 327 g/mol. The van der Waals surface area contributed by atoms with Gasteiger partial charge in [-0.2, -0.15) is 0 Å². The summed E-state index contributed by atoms with van der Waals surface area (Å²) >= 11 is 0. The van der Waals surface area contributed by atoms with Crippen molar-refractivity contribution in [2.45, 2.75) is 43.6 Å². The molecule has 1 atom stereocenters. The van der Waals surface area contributed by atoms with Gasteiger partial charge >= 0.3 is 5.97 Å². The first kappa shape index (κ1) is 16.8. The predicted octanol–water partition coefficient (Wildman–Crippen LogP) is 1.63. The first-order chi connectivity index (χ1) is 10.5. The lowest BCUT2D eigenvalue weighted by molar-refractivity contribution is -0.149. The number of hydrogen-bond acceptors (Lipinski definition) is 5. The van der Waals surface area contributed by atoms with Crippen LogP contribution < -0.4 is 9.46 Å². The molecule has 1 aromatic carbocycles. The Morgan fingerprint density at radius 2 is 2.23 bits per heavy atom. The van der Waals surface area contributed by atoms with Gasteiger partial charge in [-0.05, 0) is 43.0 Å². The van der Waals surface area contributed by atoms with Crippen LogP contribution in [0.2, 0.25) is 0 Å². The molecule has 6 nitrogen and oxygen atoms in total. The molecule has 0 saturated carbocycles. The molecule has 1 aliphatic heterocycles. The Morgan fingerprint density at radius 1 is 1.45 bits per heavy atom. The number of rotatable bonds is 6. The number of sulfonamides is 1. The van der Waals surface area contributed by atoms with Crippen LogP contribution in [0.1, 0.15) is 31.7 Å². The molecule has 1 unspecified atom stereocenters. The third-order valence-electron chi connectivity index (χ3n) is 3.57. The van der Waals surface area contributed by atoms with E-state index in [0.717, 1.165) is 18.4 Å². The first-order valence-electron chi connectivity index (χ1n) is 7.35. The van der Waals surface area contributed by atoms with Crippen LogP contribution in [-0.2, 0) is 26.0 Å². The molecule has 0 aliphatic carbocycles. The summed E-state index contributed by atoms with van der Waals surface area (Å²) in [6.45, 7) is 2.43. The highest BCUT2D eigenvalue weighted by Gasteiger charge is 2.27. The van der Waals surface area contributed by atoms with E-state index in [4.69, 9.17) is 4.74 Å². The lowest BCUT2D eigenvalue weighted by atomic mass is 10.0. The molecular formula is C15H21NO5S. The Hall–Kier alpha value is -1.60. The summed E-state index contributed by atoms with van der Waals surface area (Å²) in [6.07, 6.45) is 2.16. The van der Waals surface area contributed by atoms with Gasteiger partial charge in [0, 0.05) is 6.54 Å². The van der Waals surface area contributed by atoms with Gasteiger partial charge in [-0.25, -0.2) is 17.9 Å². The molecule has 0 fully saturated rings. The van der Waals surface area contributed by atoms with Gasteiger partial charge < -0.3 is 9.47 Å². The summed E-state index contributed by atoms with van der Waals surface area (Å²) in [5, 5.41) is 0. The van der Waals surface area contributed by atoms with E-state index in [0.29, 0.717) is 25.1 Å². The summed E-state index contributed by atoms with van der Waals surface area (Å²) in [5.74, 6) is 0.123. The van der Waals surface area contributed by atoms with Crippen LogP contribution >= 0.6 is 0 Å². The number of carbonyl (C=O) groups excluding carboxylic acids is 1. The molecular weight excluding hydrogens is 306 g/mol. The molecule has 1 aromatic rings. The van der Waals surface area contributed by atoms with E-state index in [1.54, 1.807) is 12.1 Å². The van der Waals surface area contributed by atoms with Gasteiger partial charge in [-0.1, -0.05) is 13.3 Å². The van der Waals surface area contributed by atoms with E-state index in [-0.39, 0.29) is 4.90 Å². The molecule has 7 heteroatoms. The van der Waals surface area contributed by atoms with E-state index < -0.39 is 22.1 Å². The summed E-state index contributed by atoms with van der Waals surface area (Å²) < 4.78 is 37.2. The number of esters is 1. The zero-order chi connectivity index (χ0) is 16.2. The lowest BCUT2D eigenvalue weighted by Crippen LogP contribution is -2.32. The van der Waals surface area contributed by atoms with Gasteiger partial charge in [0.2, 0.25) is 10.0 Å². The molecule has 0 spiro atoms. The standard InChI is InChI=1S/C15H21NO5S/c1-3-4-9-16-22(18,19)12-6-8-13-11(10-12)5-7-14(21-13)15(17)20-2/h6,8,10,14,16H,3-5,7,9H2,1-2H3. The SMILES string of the molecule is CCCCNS(=O)(=O)c1ccc2c(c1)CCC(C(=O)OC)O2. The fraction of sp³-hybridized carbons (Fsp3) is 0.533. The summed E-state index contributed by atoms with van der Waals surface area (Å²) in [5.41, 5.74) is 0.790. The Bertz CT molecular complexity index is 641. The van der Waals surface area contributed by atoms with Crippen LogP contribution in [0.25, 0.3) is 0 Å². The second kappa shape index (κ2) is 7.11. The largest absolute Gasteiger partial charge is 0.478 e. The highest BCUT2D eigenvalue weighted by molar-refractivity contribution is 7.89. The summed E-state index contributed by atoms with van der Waals surface area (Å²) in [7, 11) is -2.18. The van der Waals surface area contributed by atoms with Gasteiger partial charge in [-0.3, -0.25) is 0 Å². The van der Waals surface area contributed by atoms with Gasteiger partial charge in [-0.15, -0.1) is 0 Å². The topological polar surface area (TPSA) is 81.7 Å². The summed E-state index contributed by atoms with van der Waals surface area (Å²) in [6, 6.07) is 4.70. The number of fused-ring (bicyclic) bond motifs is 1. The van der Waals surface area contributed by atoms with E-state index in [9.17, 15) is 13.2 Å². The van der Waals surface area contributed by atoms with Crippen molar-refractivity contribution in [1.29, 1.82) is 0 Å². The van der Waals surface area contributed by atoms with Gasteiger partial charge in [0.05, 0.1) is 12.0 Å². The average molecular weight is 327 g/mol. The Kier molecular flexibility index (Phi) is 5.42. The van der Waals surface area contributed by atoms with E-state index >= 15 is 0 Å². The molecule has 0 aromatic heterocycles. The van der Waals surface area contributed by atoms with Crippen molar-refractivity contribution in [2.75, 3.05) is 13.7 Å². The van der Waals surface area contributed by atoms with Crippen LogP contribution in [0.3, 0.4) is 0 Å². The maximum atomic E-state index is 12.2. The van der Waals surface area contributed by atoms with Crippen LogP contribution in [-0.4, -0.2) is 34.1 Å². The minimum absolute atomic E-state index is 0.225. The van der Waals surface area contributed by atoms with E-state index in [1.165, 1.54) is 13.2 Å². The third-order valence-corrected chi connectivity index (χ3v) is 5.03. The highest BCUT2D eigenvalue weighted by Crippen LogP contribution is 2.30. The number of carbonyl (C=O) groups is 1. The number of nitrogens with one attached hydrogen (secondary N) is 1. The van der Waals surface area contributed by atoms with Crippen LogP contribution in [0.4, 0.5) is 0 Å². The molecule has 1 N–H and O–H groups in total. The molecule has 22 heavy (non-hydrogen) atoms. The predicted molar refractivity (Wildman–Crippen MR) is 81.3 cm³/mol. The van der Waals surface area contributed by atoms with Crippen molar-refractivity contribution < 1.29 is 22.7 Å². The molecule has 0 amide bonds. The number of methoxy groups -OCH3 is 1. The molecule has 122 valence electrons. The maximum Gasteiger partial charge on any atom is 0.347 e. The zero-order valence-electron chi connectivity index (χ0n) is 12.8. The Balaban J connectivity index is 2.15. The number of benzene rings is 1. The molecule has 1 aliphatic rings. The minimum Gasteiger partial charge on any atom is -0.478 e. The van der Waals surface area contributed by atoms with Crippen molar-refractivity contribution in [3.05, 3.63) is 23.8 Å². The molecule has 0 bridgehead atoms. The number of aryl methyl sites for hydroxylation is 1. The molecule has 0 radical (unpaired) electrons. The van der Waals surface area contributed by atoms with Crippen molar-refractivity contribution in [3.63, 3.8) is 0 Å². The zero-order valence-corrected chi connectivity index (χ0v) is 13.6. The molecule has 0 saturated heterocycles. The van der Waals surface area contributed by atoms with E-state index in [2.05, 4.69) is 9.46 Å². The number of hydrogen-bond donors (Lipinski definition) is 1. The Labute approximate surface area is 130 Å².